The fourth-order valence-electron chi connectivity index (χ4n) is 2.92. The second-order valence-electron chi connectivity index (χ2n) is 6.47. The summed E-state index contributed by atoms with van der Waals surface area (Å²) in [7, 11) is 0. The molecule has 3 rings (SSSR count). The van der Waals surface area contributed by atoms with Crippen LogP contribution < -0.4 is 0 Å². The minimum absolute atomic E-state index is 0.0898. The molecule has 0 saturated heterocycles. The van der Waals surface area contributed by atoms with Gasteiger partial charge in [-0.25, -0.2) is 0 Å². The van der Waals surface area contributed by atoms with Crippen molar-refractivity contribution in [3.63, 3.8) is 0 Å². The van der Waals surface area contributed by atoms with E-state index in [0.717, 1.165) is 17.8 Å². The van der Waals surface area contributed by atoms with Crippen LogP contribution in [0.3, 0.4) is 0 Å². The first-order valence-corrected chi connectivity index (χ1v) is 8.61. The molecule has 0 fully saturated rings. The lowest BCUT2D eigenvalue weighted by atomic mass is 10.1. The van der Waals surface area contributed by atoms with E-state index in [0.29, 0.717) is 13.1 Å². The van der Waals surface area contributed by atoms with Crippen LogP contribution in [0.25, 0.3) is 0 Å². The molecule has 0 radical (unpaired) electrons. The van der Waals surface area contributed by atoms with E-state index in [1.54, 1.807) is 6.92 Å². The van der Waals surface area contributed by atoms with Gasteiger partial charge in [-0.3, -0.25) is 4.79 Å². The van der Waals surface area contributed by atoms with Gasteiger partial charge in [-0.1, -0.05) is 60.2 Å². The molecule has 0 unspecified atom stereocenters. The molecule has 0 atom stereocenters. The molecular formula is C22H24N2O. The first-order valence-electron chi connectivity index (χ1n) is 8.61. The van der Waals surface area contributed by atoms with E-state index in [9.17, 15) is 4.79 Å². The molecule has 3 aromatic rings. The molecule has 3 heteroatoms. The molecular weight excluding hydrogens is 308 g/mol. The van der Waals surface area contributed by atoms with Crippen molar-refractivity contribution in [1.82, 2.24) is 9.47 Å². The van der Waals surface area contributed by atoms with Gasteiger partial charge in [-0.2, -0.15) is 0 Å². The van der Waals surface area contributed by atoms with Crippen LogP contribution in [-0.4, -0.2) is 15.4 Å². The quantitative estimate of drug-likeness (QED) is 0.657. The third kappa shape index (κ3) is 4.60. The molecule has 0 spiro atoms. The highest BCUT2D eigenvalue weighted by Crippen LogP contribution is 2.14. The maximum absolute atomic E-state index is 12.1. The molecule has 1 amide bonds. The molecule has 0 bridgehead atoms. The Morgan fingerprint density at radius 2 is 1.60 bits per heavy atom. The van der Waals surface area contributed by atoms with Gasteiger partial charge in [0.05, 0.1) is 6.54 Å². The van der Waals surface area contributed by atoms with Crippen molar-refractivity contribution >= 4 is 5.91 Å². The summed E-state index contributed by atoms with van der Waals surface area (Å²) in [6.07, 6.45) is 2.08. The van der Waals surface area contributed by atoms with Gasteiger partial charge in [0.25, 0.3) is 0 Å². The predicted molar refractivity (Wildman–Crippen MR) is 101 cm³/mol. The molecule has 25 heavy (non-hydrogen) atoms. The Labute approximate surface area is 149 Å². The monoisotopic (exact) mass is 332 g/mol. The Morgan fingerprint density at radius 3 is 2.28 bits per heavy atom. The standard InChI is InChI=1S/C22H24N2O/c1-18-10-12-21(13-11-18)15-23-14-6-9-22(23)17-24(19(2)25)16-20-7-4-3-5-8-20/h3-14H,15-17H2,1-2H3. The maximum Gasteiger partial charge on any atom is 0.220 e. The lowest BCUT2D eigenvalue weighted by molar-refractivity contribution is -0.130. The Kier molecular flexibility index (Phi) is 5.34. The molecule has 0 aliphatic rings. The molecule has 0 N–H and O–H groups in total. The molecule has 2 aromatic carbocycles. The van der Waals surface area contributed by atoms with Gasteiger partial charge in [-0.15, -0.1) is 0 Å². The summed E-state index contributed by atoms with van der Waals surface area (Å²) < 4.78 is 2.21. The van der Waals surface area contributed by atoms with Crippen molar-refractivity contribution in [2.75, 3.05) is 0 Å². The molecule has 0 saturated carbocycles. The lowest BCUT2D eigenvalue weighted by Crippen LogP contribution is -2.28. The number of carbonyl (C=O) groups is 1. The summed E-state index contributed by atoms with van der Waals surface area (Å²) in [5, 5.41) is 0. The Hall–Kier alpha value is -2.81. The Morgan fingerprint density at radius 1 is 0.880 bits per heavy atom. The van der Waals surface area contributed by atoms with E-state index >= 15 is 0 Å². The molecule has 3 nitrogen and oxygen atoms in total. The van der Waals surface area contributed by atoms with Crippen molar-refractivity contribution in [2.24, 2.45) is 0 Å². The van der Waals surface area contributed by atoms with E-state index < -0.39 is 0 Å². The van der Waals surface area contributed by atoms with Crippen LogP contribution in [0.5, 0.6) is 0 Å². The summed E-state index contributed by atoms with van der Waals surface area (Å²) in [6.45, 7) is 5.80. The third-order valence-electron chi connectivity index (χ3n) is 4.41. The third-order valence-corrected chi connectivity index (χ3v) is 4.41. The SMILES string of the molecule is CC(=O)N(Cc1ccccc1)Cc1cccn1Cc1ccc(C)cc1. The van der Waals surface area contributed by atoms with E-state index in [2.05, 4.69) is 60.2 Å². The molecule has 128 valence electrons. The average Bonchev–Trinajstić information content (AvgIpc) is 3.04. The highest BCUT2D eigenvalue weighted by atomic mass is 16.2. The second-order valence-corrected chi connectivity index (χ2v) is 6.47. The largest absolute Gasteiger partial charge is 0.345 e. The smallest absolute Gasteiger partial charge is 0.220 e. The van der Waals surface area contributed by atoms with Gasteiger partial charge in [-0.05, 0) is 30.2 Å². The number of aryl methyl sites for hydroxylation is 1. The Bertz CT molecular complexity index is 819. The van der Waals surface area contributed by atoms with Gasteiger partial charge < -0.3 is 9.47 Å². The van der Waals surface area contributed by atoms with Crippen LogP contribution in [0, 0.1) is 6.92 Å². The van der Waals surface area contributed by atoms with E-state index in [4.69, 9.17) is 0 Å². The highest BCUT2D eigenvalue weighted by Gasteiger charge is 2.12. The van der Waals surface area contributed by atoms with Crippen LogP contribution in [0.2, 0.25) is 0 Å². The van der Waals surface area contributed by atoms with E-state index in [1.807, 2.05) is 29.2 Å². The van der Waals surface area contributed by atoms with Crippen LogP contribution >= 0.6 is 0 Å². The summed E-state index contributed by atoms with van der Waals surface area (Å²) in [4.78, 5) is 14.0. The van der Waals surface area contributed by atoms with E-state index in [1.165, 1.54) is 11.1 Å². The van der Waals surface area contributed by atoms with Gasteiger partial charge in [0.2, 0.25) is 5.91 Å². The number of amides is 1. The van der Waals surface area contributed by atoms with Crippen molar-refractivity contribution in [1.29, 1.82) is 0 Å². The van der Waals surface area contributed by atoms with Crippen molar-refractivity contribution in [3.8, 4) is 0 Å². The summed E-state index contributed by atoms with van der Waals surface area (Å²) in [5.41, 5.74) is 4.82. The topological polar surface area (TPSA) is 25.2 Å². The molecule has 0 aliphatic carbocycles. The summed E-state index contributed by atoms with van der Waals surface area (Å²) in [5.74, 6) is 0.0898. The number of carbonyl (C=O) groups excluding carboxylic acids is 1. The molecule has 1 heterocycles. The zero-order chi connectivity index (χ0) is 17.6. The van der Waals surface area contributed by atoms with Gasteiger partial charge in [0.15, 0.2) is 0 Å². The minimum atomic E-state index is 0.0898. The maximum atomic E-state index is 12.1. The molecule has 1 aromatic heterocycles. The summed E-state index contributed by atoms with van der Waals surface area (Å²) >= 11 is 0. The summed E-state index contributed by atoms with van der Waals surface area (Å²) in [6, 6.07) is 22.8. The zero-order valence-electron chi connectivity index (χ0n) is 14.9. The van der Waals surface area contributed by atoms with Crippen LogP contribution in [-0.2, 0) is 24.4 Å². The normalized spacial score (nSPS) is 10.6. The first kappa shape index (κ1) is 17.0. The average molecular weight is 332 g/mol. The van der Waals surface area contributed by atoms with Gasteiger partial charge in [0, 0.05) is 31.9 Å². The van der Waals surface area contributed by atoms with Gasteiger partial charge >= 0.3 is 0 Å². The number of benzene rings is 2. The zero-order valence-corrected chi connectivity index (χ0v) is 14.9. The minimum Gasteiger partial charge on any atom is -0.345 e. The van der Waals surface area contributed by atoms with Gasteiger partial charge in [0.1, 0.15) is 0 Å². The lowest BCUT2D eigenvalue weighted by Gasteiger charge is -2.22. The van der Waals surface area contributed by atoms with Crippen molar-refractivity contribution < 1.29 is 4.79 Å². The fraction of sp³-hybridized carbons (Fsp3) is 0.227. The van der Waals surface area contributed by atoms with E-state index in [-0.39, 0.29) is 5.91 Å². The van der Waals surface area contributed by atoms with Crippen LogP contribution in [0.1, 0.15) is 29.3 Å². The fourth-order valence-corrected chi connectivity index (χ4v) is 2.92. The number of rotatable bonds is 6. The highest BCUT2D eigenvalue weighted by molar-refractivity contribution is 5.73. The van der Waals surface area contributed by atoms with Crippen LogP contribution in [0.4, 0.5) is 0 Å². The van der Waals surface area contributed by atoms with Crippen LogP contribution in [0.15, 0.2) is 72.9 Å². The number of hydrogen-bond donors (Lipinski definition) is 0. The predicted octanol–water partition coefficient (Wildman–Crippen LogP) is 4.39. The number of aromatic nitrogens is 1. The van der Waals surface area contributed by atoms with Crippen molar-refractivity contribution in [3.05, 3.63) is 95.3 Å². The van der Waals surface area contributed by atoms with Crippen molar-refractivity contribution in [2.45, 2.75) is 33.5 Å². The Balaban J connectivity index is 1.73. The number of hydrogen-bond acceptors (Lipinski definition) is 1. The second kappa shape index (κ2) is 7.84. The number of nitrogens with zero attached hydrogens (tertiary/aromatic N) is 2. The molecule has 0 aliphatic heterocycles. The first-order chi connectivity index (χ1) is 12.1.